The molecule has 1 amide bonds. The zero-order chi connectivity index (χ0) is 15.2. The van der Waals surface area contributed by atoms with Gasteiger partial charge in [-0.1, -0.05) is 29.8 Å². The molecule has 1 aliphatic rings. The Labute approximate surface area is 139 Å². The zero-order valence-corrected chi connectivity index (χ0v) is 14.3. The van der Waals surface area contributed by atoms with Crippen LogP contribution in [0.4, 0.5) is 0 Å². The lowest BCUT2D eigenvalue weighted by Crippen LogP contribution is -2.46. The van der Waals surface area contributed by atoms with Crippen LogP contribution in [0.3, 0.4) is 0 Å². The highest BCUT2D eigenvalue weighted by molar-refractivity contribution is 5.85. The molecule has 124 valence electrons. The second kappa shape index (κ2) is 9.13. The van der Waals surface area contributed by atoms with Gasteiger partial charge in [-0.2, -0.15) is 0 Å². The molecular weight excluding hydrogens is 300 g/mol. The smallest absolute Gasteiger partial charge is 0.239 e. The second-order valence-corrected chi connectivity index (χ2v) is 5.94. The number of carbonyl (C=O) groups is 1. The Morgan fingerprint density at radius 2 is 2.09 bits per heavy atom. The minimum atomic E-state index is -0.454. The maximum atomic E-state index is 12.3. The molecule has 1 saturated heterocycles. The van der Waals surface area contributed by atoms with E-state index < -0.39 is 6.04 Å². The van der Waals surface area contributed by atoms with Crippen LogP contribution in [0.1, 0.15) is 30.9 Å². The number of amides is 1. The summed E-state index contributed by atoms with van der Waals surface area (Å²) in [6.45, 7) is 5.99. The van der Waals surface area contributed by atoms with Crippen LogP contribution in [0.5, 0.6) is 0 Å². The Morgan fingerprint density at radius 3 is 2.64 bits per heavy atom. The van der Waals surface area contributed by atoms with Gasteiger partial charge in [0.25, 0.3) is 0 Å². The second-order valence-electron chi connectivity index (χ2n) is 5.94. The first kappa shape index (κ1) is 18.9. The predicted octanol–water partition coefficient (Wildman–Crippen LogP) is 2.31. The van der Waals surface area contributed by atoms with Crippen molar-refractivity contribution < 1.29 is 9.53 Å². The van der Waals surface area contributed by atoms with Crippen molar-refractivity contribution in [1.82, 2.24) is 4.90 Å². The minimum absolute atomic E-state index is 0. The molecular formula is C17H27ClN2O2. The zero-order valence-electron chi connectivity index (χ0n) is 13.5. The van der Waals surface area contributed by atoms with Gasteiger partial charge in [0.05, 0.1) is 12.1 Å². The Kier molecular flexibility index (Phi) is 7.87. The summed E-state index contributed by atoms with van der Waals surface area (Å²) >= 11 is 0. The summed E-state index contributed by atoms with van der Waals surface area (Å²) in [5, 5.41) is 0. The van der Waals surface area contributed by atoms with Gasteiger partial charge in [-0.05, 0) is 38.7 Å². The fourth-order valence-electron chi connectivity index (χ4n) is 2.63. The molecule has 1 heterocycles. The van der Waals surface area contributed by atoms with E-state index >= 15 is 0 Å². The molecule has 1 aromatic carbocycles. The van der Waals surface area contributed by atoms with Gasteiger partial charge in [0.2, 0.25) is 5.91 Å². The van der Waals surface area contributed by atoms with Crippen molar-refractivity contribution in [2.24, 2.45) is 5.73 Å². The molecule has 4 nitrogen and oxygen atoms in total. The predicted molar refractivity (Wildman–Crippen MR) is 91.3 cm³/mol. The standard InChI is InChI=1S/C17H26N2O2.ClH/c1-13-5-7-15(8-6-13)9-10-19(17(20)14(2)18)12-16-4-3-11-21-16;/h5-8,14,16H,3-4,9-12,18H2,1-2H3;1H/t14-,16?;/m0./s1. The van der Waals surface area contributed by atoms with Crippen molar-refractivity contribution in [2.75, 3.05) is 19.7 Å². The lowest BCUT2D eigenvalue weighted by molar-refractivity contribution is -0.133. The molecule has 0 spiro atoms. The normalized spacial score (nSPS) is 18.6. The third-order valence-electron chi connectivity index (χ3n) is 3.94. The van der Waals surface area contributed by atoms with E-state index in [-0.39, 0.29) is 24.4 Å². The van der Waals surface area contributed by atoms with Gasteiger partial charge in [-0.3, -0.25) is 4.79 Å². The van der Waals surface area contributed by atoms with Crippen LogP contribution in [0, 0.1) is 6.92 Å². The van der Waals surface area contributed by atoms with Crippen LogP contribution in [-0.2, 0) is 16.0 Å². The van der Waals surface area contributed by atoms with Crippen LogP contribution >= 0.6 is 12.4 Å². The van der Waals surface area contributed by atoms with E-state index in [0.717, 1.165) is 25.9 Å². The number of halogens is 1. The van der Waals surface area contributed by atoms with Crippen LogP contribution in [-0.4, -0.2) is 42.6 Å². The molecule has 1 aromatic rings. The van der Waals surface area contributed by atoms with Gasteiger partial charge in [-0.15, -0.1) is 12.4 Å². The van der Waals surface area contributed by atoms with Crippen molar-refractivity contribution >= 4 is 18.3 Å². The average Bonchev–Trinajstić information content (AvgIpc) is 2.97. The van der Waals surface area contributed by atoms with E-state index in [0.29, 0.717) is 13.1 Å². The number of nitrogens with two attached hydrogens (primary N) is 1. The number of benzene rings is 1. The summed E-state index contributed by atoms with van der Waals surface area (Å²) in [5.74, 6) is 0.0117. The Morgan fingerprint density at radius 1 is 1.41 bits per heavy atom. The maximum Gasteiger partial charge on any atom is 0.239 e. The maximum absolute atomic E-state index is 12.3. The molecule has 5 heteroatoms. The highest BCUT2D eigenvalue weighted by Gasteiger charge is 2.24. The largest absolute Gasteiger partial charge is 0.376 e. The highest BCUT2D eigenvalue weighted by atomic mass is 35.5. The molecule has 2 N–H and O–H groups in total. The van der Waals surface area contributed by atoms with Crippen LogP contribution in [0.15, 0.2) is 24.3 Å². The summed E-state index contributed by atoms with van der Waals surface area (Å²) in [4.78, 5) is 14.1. The van der Waals surface area contributed by atoms with Crippen molar-refractivity contribution in [3.63, 3.8) is 0 Å². The number of nitrogens with zero attached hydrogens (tertiary/aromatic N) is 1. The monoisotopic (exact) mass is 326 g/mol. The molecule has 0 saturated carbocycles. The van der Waals surface area contributed by atoms with E-state index in [1.54, 1.807) is 6.92 Å². The molecule has 1 fully saturated rings. The lowest BCUT2D eigenvalue weighted by atomic mass is 10.1. The molecule has 0 radical (unpaired) electrons. The number of rotatable bonds is 6. The molecule has 1 unspecified atom stereocenters. The van der Waals surface area contributed by atoms with Gasteiger partial charge < -0.3 is 15.4 Å². The summed E-state index contributed by atoms with van der Waals surface area (Å²) in [7, 11) is 0. The number of aryl methyl sites for hydroxylation is 1. The fourth-order valence-corrected chi connectivity index (χ4v) is 2.63. The number of carbonyl (C=O) groups excluding carboxylic acids is 1. The first-order chi connectivity index (χ1) is 10.1. The van der Waals surface area contributed by atoms with Gasteiger partial charge in [0.1, 0.15) is 0 Å². The van der Waals surface area contributed by atoms with Gasteiger partial charge >= 0.3 is 0 Å². The average molecular weight is 327 g/mol. The summed E-state index contributed by atoms with van der Waals surface area (Å²) in [5.41, 5.74) is 8.27. The van der Waals surface area contributed by atoms with Crippen LogP contribution < -0.4 is 5.73 Å². The van der Waals surface area contributed by atoms with Crippen LogP contribution in [0.2, 0.25) is 0 Å². The van der Waals surface area contributed by atoms with Gasteiger partial charge in [0, 0.05) is 19.7 Å². The molecule has 1 aliphatic heterocycles. The Bertz CT molecular complexity index is 456. The molecule has 22 heavy (non-hydrogen) atoms. The third-order valence-corrected chi connectivity index (χ3v) is 3.94. The highest BCUT2D eigenvalue weighted by Crippen LogP contribution is 2.14. The first-order valence-electron chi connectivity index (χ1n) is 7.78. The fraction of sp³-hybridized carbons (Fsp3) is 0.588. The van der Waals surface area contributed by atoms with Gasteiger partial charge in [0.15, 0.2) is 0 Å². The summed E-state index contributed by atoms with van der Waals surface area (Å²) in [6.07, 6.45) is 3.15. The molecule has 0 aliphatic carbocycles. The van der Waals surface area contributed by atoms with Crippen molar-refractivity contribution in [2.45, 2.75) is 45.3 Å². The number of hydrogen-bond donors (Lipinski definition) is 1. The van der Waals surface area contributed by atoms with Crippen molar-refractivity contribution in [1.29, 1.82) is 0 Å². The van der Waals surface area contributed by atoms with Gasteiger partial charge in [-0.25, -0.2) is 0 Å². The Balaban J connectivity index is 0.00000242. The number of ether oxygens (including phenoxy) is 1. The summed E-state index contributed by atoms with van der Waals surface area (Å²) < 4.78 is 5.65. The van der Waals surface area contributed by atoms with E-state index in [2.05, 4.69) is 31.2 Å². The van der Waals surface area contributed by atoms with Crippen LogP contribution in [0.25, 0.3) is 0 Å². The quantitative estimate of drug-likeness (QED) is 0.872. The van der Waals surface area contributed by atoms with Crippen molar-refractivity contribution in [3.05, 3.63) is 35.4 Å². The topological polar surface area (TPSA) is 55.6 Å². The third kappa shape index (κ3) is 5.59. The van der Waals surface area contributed by atoms with E-state index in [1.165, 1.54) is 11.1 Å². The first-order valence-corrected chi connectivity index (χ1v) is 7.78. The van der Waals surface area contributed by atoms with E-state index in [1.807, 2.05) is 4.90 Å². The Hall–Kier alpha value is -1.10. The molecule has 2 rings (SSSR count). The lowest BCUT2D eigenvalue weighted by Gasteiger charge is -2.27. The van der Waals surface area contributed by atoms with Crippen molar-refractivity contribution in [3.8, 4) is 0 Å². The molecule has 0 bridgehead atoms. The molecule has 2 atom stereocenters. The summed E-state index contributed by atoms with van der Waals surface area (Å²) in [6, 6.07) is 8.00. The molecule has 0 aromatic heterocycles. The van der Waals surface area contributed by atoms with E-state index in [4.69, 9.17) is 10.5 Å². The minimum Gasteiger partial charge on any atom is -0.376 e. The van der Waals surface area contributed by atoms with E-state index in [9.17, 15) is 4.79 Å². The number of hydrogen-bond acceptors (Lipinski definition) is 3. The SMILES string of the molecule is Cc1ccc(CCN(CC2CCCO2)C(=O)[C@H](C)N)cc1.Cl.